The Hall–Kier alpha value is -0.0600. The van der Waals surface area contributed by atoms with Gasteiger partial charge in [0.25, 0.3) is 0 Å². The highest BCUT2D eigenvalue weighted by atomic mass is 127. The molecule has 0 aliphatic carbocycles. The number of aryl methyl sites for hydroxylation is 2. The predicted molar refractivity (Wildman–Crippen MR) is 49.8 cm³/mol. The van der Waals surface area contributed by atoms with Crippen LogP contribution < -0.4 is 28.5 Å². The minimum absolute atomic E-state index is 0. The maximum absolute atomic E-state index is 2.26. The lowest BCUT2D eigenvalue weighted by Gasteiger charge is -1.92. The van der Waals surface area contributed by atoms with Crippen LogP contribution in [0.5, 0.6) is 0 Å². The van der Waals surface area contributed by atoms with Gasteiger partial charge in [-0.3, -0.25) is 0 Å². The molecule has 1 aromatic heterocycles. The molecule has 0 radical (unpaired) electrons. The lowest BCUT2D eigenvalue weighted by atomic mass is 10.3. The van der Waals surface area contributed by atoms with Crippen molar-refractivity contribution < 1.29 is 28.5 Å². The summed E-state index contributed by atoms with van der Waals surface area (Å²) in [5.74, 6) is 0. The Kier molecular flexibility index (Phi) is 7.32. The second-order valence-electron chi connectivity index (χ2n) is 3.24. The number of unbranched alkanes of at least 4 members (excludes halogenated alkanes) is 1. The van der Waals surface area contributed by atoms with Crippen molar-refractivity contribution in [2.45, 2.75) is 46.2 Å². The normalized spacial score (nSPS) is 9.69. The van der Waals surface area contributed by atoms with Crippen molar-refractivity contribution in [3.05, 3.63) is 18.7 Å². The van der Waals surface area contributed by atoms with Gasteiger partial charge in [-0.05, 0) is 12.8 Å². The first-order valence-corrected chi connectivity index (χ1v) is 4.91. The lowest BCUT2D eigenvalue weighted by Crippen LogP contribution is -3.00. The van der Waals surface area contributed by atoms with Gasteiger partial charge >= 0.3 is 0 Å². The van der Waals surface area contributed by atoms with Crippen molar-refractivity contribution in [2.75, 3.05) is 0 Å². The van der Waals surface area contributed by atoms with E-state index in [-0.39, 0.29) is 24.0 Å². The number of halogens is 1. The number of nitrogens with zero attached hydrogens (tertiary/aromatic N) is 2. The minimum Gasteiger partial charge on any atom is -1.00 e. The molecule has 0 fully saturated rings. The molecule has 0 N–H and O–H groups in total. The molecule has 0 bridgehead atoms. The van der Waals surface area contributed by atoms with E-state index in [4.69, 9.17) is 0 Å². The third-order valence-electron chi connectivity index (χ3n) is 2.00. The molecule has 0 aliphatic heterocycles. The molecule has 2 nitrogen and oxygen atoms in total. The maximum atomic E-state index is 2.26. The molecule has 0 saturated carbocycles. The molecule has 0 saturated heterocycles. The van der Waals surface area contributed by atoms with E-state index >= 15 is 0 Å². The molecule has 0 amide bonds. The van der Waals surface area contributed by atoms with Crippen LogP contribution in [0.15, 0.2) is 18.7 Å². The highest BCUT2D eigenvalue weighted by molar-refractivity contribution is 4.65. The van der Waals surface area contributed by atoms with Crippen LogP contribution in [0.2, 0.25) is 0 Å². The summed E-state index contributed by atoms with van der Waals surface area (Å²) in [6, 6.07) is 0. The highest BCUT2D eigenvalue weighted by Gasteiger charge is 2.00. The highest BCUT2D eigenvalue weighted by Crippen LogP contribution is 1.92. The summed E-state index contributed by atoms with van der Waals surface area (Å²) in [6.07, 6.45) is 10.3. The molecule has 0 aromatic carbocycles. The van der Waals surface area contributed by atoms with Crippen molar-refractivity contribution >= 4 is 0 Å². The fraction of sp³-hybridized carbons (Fsp3) is 0.700. The summed E-state index contributed by atoms with van der Waals surface area (Å²) in [5.41, 5.74) is 0. The average molecular weight is 294 g/mol. The molecule has 3 heteroatoms. The molecular weight excluding hydrogens is 275 g/mol. The van der Waals surface area contributed by atoms with Gasteiger partial charge in [-0.1, -0.05) is 20.3 Å². The van der Waals surface area contributed by atoms with Crippen LogP contribution in [-0.2, 0) is 13.1 Å². The van der Waals surface area contributed by atoms with Gasteiger partial charge < -0.3 is 24.0 Å². The molecule has 0 atom stereocenters. The average Bonchev–Trinajstić information content (AvgIpc) is 2.50. The number of hydrogen-bond acceptors (Lipinski definition) is 0. The number of imidazole rings is 1. The summed E-state index contributed by atoms with van der Waals surface area (Å²) < 4.78 is 4.51. The second kappa shape index (κ2) is 7.35. The van der Waals surface area contributed by atoms with Crippen LogP contribution in [0.25, 0.3) is 0 Å². The van der Waals surface area contributed by atoms with Gasteiger partial charge in [0.15, 0.2) is 0 Å². The topological polar surface area (TPSA) is 8.81 Å². The zero-order valence-corrected chi connectivity index (χ0v) is 10.7. The monoisotopic (exact) mass is 294 g/mol. The fourth-order valence-electron chi connectivity index (χ4n) is 1.30. The molecule has 1 heterocycles. The van der Waals surface area contributed by atoms with Gasteiger partial charge in [0.2, 0.25) is 6.33 Å². The molecule has 76 valence electrons. The van der Waals surface area contributed by atoms with Gasteiger partial charge in [0, 0.05) is 0 Å². The van der Waals surface area contributed by atoms with E-state index in [1.807, 2.05) is 0 Å². The van der Waals surface area contributed by atoms with Gasteiger partial charge in [-0.25, -0.2) is 9.13 Å². The van der Waals surface area contributed by atoms with Crippen LogP contribution in [0, 0.1) is 0 Å². The third-order valence-corrected chi connectivity index (χ3v) is 2.00. The first-order valence-electron chi connectivity index (χ1n) is 4.91. The standard InChI is InChI=1S/C10H19N2.HI/c1-3-5-7-12-9-8-11(10-12)6-4-2;/h8-10H,3-7H2,1-2H3;1H/q+1;/p-1. The van der Waals surface area contributed by atoms with E-state index in [2.05, 4.69) is 41.7 Å². The second-order valence-corrected chi connectivity index (χ2v) is 3.24. The van der Waals surface area contributed by atoms with Crippen molar-refractivity contribution in [3.8, 4) is 0 Å². The van der Waals surface area contributed by atoms with Crippen LogP contribution >= 0.6 is 0 Å². The van der Waals surface area contributed by atoms with Crippen molar-refractivity contribution in [1.29, 1.82) is 0 Å². The molecule has 13 heavy (non-hydrogen) atoms. The van der Waals surface area contributed by atoms with Crippen molar-refractivity contribution in [2.24, 2.45) is 0 Å². The summed E-state index contributed by atoms with van der Waals surface area (Å²) in [7, 11) is 0. The Balaban J connectivity index is 0.00000144. The lowest BCUT2D eigenvalue weighted by molar-refractivity contribution is -0.696. The minimum atomic E-state index is 0. The van der Waals surface area contributed by atoms with Crippen molar-refractivity contribution in [3.63, 3.8) is 0 Å². The van der Waals surface area contributed by atoms with Gasteiger partial charge in [-0.2, -0.15) is 0 Å². The smallest absolute Gasteiger partial charge is 0.243 e. The van der Waals surface area contributed by atoms with Gasteiger partial charge in [-0.15, -0.1) is 0 Å². The van der Waals surface area contributed by atoms with Crippen LogP contribution in [0.3, 0.4) is 0 Å². The fourth-order valence-corrected chi connectivity index (χ4v) is 1.30. The van der Waals surface area contributed by atoms with Crippen LogP contribution in [0.1, 0.15) is 33.1 Å². The number of aromatic nitrogens is 2. The van der Waals surface area contributed by atoms with Gasteiger partial charge in [0.05, 0.1) is 13.1 Å². The first kappa shape index (κ1) is 12.9. The molecule has 0 spiro atoms. The zero-order valence-electron chi connectivity index (χ0n) is 8.54. The van der Waals surface area contributed by atoms with E-state index < -0.39 is 0 Å². The molecule has 0 unspecified atom stereocenters. The maximum Gasteiger partial charge on any atom is 0.243 e. The summed E-state index contributed by atoms with van der Waals surface area (Å²) in [6.45, 7) is 6.73. The third kappa shape index (κ3) is 4.64. The van der Waals surface area contributed by atoms with E-state index in [0.717, 1.165) is 13.1 Å². The Labute approximate surface area is 98.0 Å². The Morgan fingerprint density at radius 2 is 2.00 bits per heavy atom. The Bertz CT molecular complexity index is 220. The number of hydrogen-bond donors (Lipinski definition) is 0. The largest absolute Gasteiger partial charge is 1.00 e. The summed E-state index contributed by atoms with van der Waals surface area (Å²) >= 11 is 0. The molecule has 1 rings (SSSR count). The number of rotatable bonds is 5. The van der Waals surface area contributed by atoms with Crippen molar-refractivity contribution in [1.82, 2.24) is 4.57 Å². The SMILES string of the molecule is CCCCn1cc[n+](CCC)c1.[I-]. The van der Waals surface area contributed by atoms with Gasteiger partial charge in [0.1, 0.15) is 12.4 Å². The zero-order chi connectivity index (χ0) is 8.81. The summed E-state index contributed by atoms with van der Waals surface area (Å²) in [5, 5.41) is 0. The molecular formula is C10H19IN2. The molecule has 0 aliphatic rings. The Morgan fingerprint density at radius 1 is 1.23 bits per heavy atom. The molecule has 1 aromatic rings. The summed E-state index contributed by atoms with van der Waals surface area (Å²) in [4.78, 5) is 0. The van der Waals surface area contributed by atoms with E-state index in [9.17, 15) is 0 Å². The van der Waals surface area contributed by atoms with E-state index in [1.54, 1.807) is 0 Å². The predicted octanol–water partition coefficient (Wildman–Crippen LogP) is -1.01. The first-order chi connectivity index (χ1) is 5.86. The van der Waals surface area contributed by atoms with E-state index in [1.165, 1.54) is 19.3 Å². The van der Waals surface area contributed by atoms with Crippen LogP contribution in [-0.4, -0.2) is 4.57 Å². The van der Waals surface area contributed by atoms with E-state index in [0.29, 0.717) is 0 Å². The quantitative estimate of drug-likeness (QED) is 0.486. The Morgan fingerprint density at radius 3 is 2.62 bits per heavy atom. The van der Waals surface area contributed by atoms with Crippen LogP contribution in [0.4, 0.5) is 0 Å².